The maximum Gasteiger partial charge on any atom is 0.412 e. The van der Waals surface area contributed by atoms with Gasteiger partial charge in [0.25, 0.3) is 0 Å². The minimum absolute atomic E-state index is 0.0110. The van der Waals surface area contributed by atoms with Crippen LogP contribution in [0.25, 0.3) is 0 Å². The monoisotopic (exact) mass is 379 g/mol. The largest absolute Gasteiger partial charge is 0.486 e. The lowest BCUT2D eigenvalue weighted by Gasteiger charge is -2.20. The molecule has 0 aromatic heterocycles. The molecule has 2 aromatic carbocycles. The van der Waals surface area contributed by atoms with Gasteiger partial charge in [0.1, 0.15) is 12.2 Å². The van der Waals surface area contributed by atoms with Crippen LogP contribution in [0.1, 0.15) is 36.7 Å². The second-order valence-corrected chi connectivity index (χ2v) is 6.87. The van der Waals surface area contributed by atoms with E-state index < -0.39 is 17.5 Å². The van der Waals surface area contributed by atoms with E-state index in [0.717, 1.165) is 0 Å². The molecule has 2 rings (SSSR count). The summed E-state index contributed by atoms with van der Waals surface area (Å²) in [5, 5.41) is 2.65. The summed E-state index contributed by atoms with van der Waals surface area (Å²) in [4.78, 5) is 22.9. The van der Waals surface area contributed by atoms with Crippen LogP contribution in [-0.2, 0) is 11.3 Å². The Morgan fingerprint density at radius 2 is 1.92 bits per heavy atom. The Balaban J connectivity index is 2.14. The van der Waals surface area contributed by atoms with Gasteiger partial charge in [-0.05, 0) is 39.0 Å². The molecule has 0 radical (unpaired) electrons. The molecular formula is C19H19ClFNO4. The van der Waals surface area contributed by atoms with E-state index in [2.05, 4.69) is 5.32 Å². The molecule has 0 aliphatic rings. The minimum Gasteiger partial charge on any atom is -0.486 e. The molecule has 26 heavy (non-hydrogen) atoms. The van der Waals surface area contributed by atoms with Gasteiger partial charge in [0, 0.05) is 5.56 Å². The molecule has 0 unspecified atom stereocenters. The first kappa shape index (κ1) is 19.7. The second-order valence-electron chi connectivity index (χ2n) is 6.46. The molecular weight excluding hydrogens is 361 g/mol. The number of aldehydes is 1. The van der Waals surface area contributed by atoms with Crippen LogP contribution in [0.4, 0.5) is 14.9 Å². The molecule has 7 heteroatoms. The number of nitrogens with one attached hydrogen (secondary N) is 1. The zero-order chi connectivity index (χ0) is 19.3. The Kier molecular flexibility index (Phi) is 6.21. The van der Waals surface area contributed by atoms with Crippen molar-refractivity contribution in [2.45, 2.75) is 33.0 Å². The van der Waals surface area contributed by atoms with Crippen LogP contribution in [0.3, 0.4) is 0 Å². The highest BCUT2D eigenvalue weighted by Crippen LogP contribution is 2.27. The summed E-state index contributed by atoms with van der Waals surface area (Å²) < 4.78 is 24.9. The van der Waals surface area contributed by atoms with Crippen LogP contribution in [0.5, 0.6) is 5.75 Å². The number of rotatable bonds is 5. The molecule has 0 heterocycles. The fourth-order valence-corrected chi connectivity index (χ4v) is 2.30. The smallest absolute Gasteiger partial charge is 0.412 e. The molecule has 2 aromatic rings. The predicted octanol–water partition coefficient (Wildman–Crippen LogP) is 5.22. The number of carbonyl (C=O) groups is 2. The Labute approximate surface area is 156 Å². The molecule has 0 bridgehead atoms. The lowest BCUT2D eigenvalue weighted by molar-refractivity contribution is 0.0635. The number of hydrogen-bond acceptors (Lipinski definition) is 4. The van der Waals surface area contributed by atoms with Crippen molar-refractivity contribution in [2.75, 3.05) is 5.32 Å². The first-order chi connectivity index (χ1) is 12.2. The van der Waals surface area contributed by atoms with Gasteiger partial charge >= 0.3 is 6.09 Å². The first-order valence-corrected chi connectivity index (χ1v) is 8.23. The van der Waals surface area contributed by atoms with Crippen LogP contribution in [0, 0.1) is 5.82 Å². The van der Waals surface area contributed by atoms with E-state index in [1.165, 1.54) is 12.1 Å². The highest BCUT2D eigenvalue weighted by Gasteiger charge is 2.18. The zero-order valence-electron chi connectivity index (χ0n) is 14.6. The molecule has 0 aliphatic heterocycles. The van der Waals surface area contributed by atoms with Crippen molar-refractivity contribution in [1.29, 1.82) is 0 Å². The highest BCUT2D eigenvalue weighted by atomic mass is 35.5. The number of amides is 1. The van der Waals surface area contributed by atoms with Gasteiger partial charge in [0.05, 0.1) is 16.3 Å². The summed E-state index contributed by atoms with van der Waals surface area (Å²) in [5.41, 5.74) is 0.198. The number of halogens is 2. The van der Waals surface area contributed by atoms with Crippen LogP contribution < -0.4 is 10.1 Å². The summed E-state index contributed by atoms with van der Waals surface area (Å²) in [6, 6.07) is 9.62. The Morgan fingerprint density at radius 1 is 1.23 bits per heavy atom. The van der Waals surface area contributed by atoms with E-state index in [1.807, 2.05) is 0 Å². The van der Waals surface area contributed by atoms with Gasteiger partial charge in [0.15, 0.2) is 17.9 Å². The van der Waals surface area contributed by atoms with Gasteiger partial charge in [0.2, 0.25) is 0 Å². The molecule has 1 amide bonds. The Hall–Kier alpha value is -2.60. The molecule has 0 atom stereocenters. The van der Waals surface area contributed by atoms with Gasteiger partial charge in [-0.1, -0.05) is 29.8 Å². The average molecular weight is 380 g/mol. The molecule has 0 spiro atoms. The number of carbonyl (C=O) groups excluding carboxylic acids is 2. The van der Waals surface area contributed by atoms with Crippen molar-refractivity contribution in [3.8, 4) is 5.75 Å². The molecule has 138 valence electrons. The fraction of sp³-hybridized carbons (Fsp3) is 0.263. The predicted molar refractivity (Wildman–Crippen MR) is 97.4 cm³/mol. The van der Waals surface area contributed by atoms with E-state index >= 15 is 0 Å². The minimum atomic E-state index is -0.829. The van der Waals surface area contributed by atoms with Gasteiger partial charge in [-0.15, -0.1) is 0 Å². The fourth-order valence-electron chi connectivity index (χ4n) is 2.11. The zero-order valence-corrected chi connectivity index (χ0v) is 15.4. The number of benzene rings is 2. The van der Waals surface area contributed by atoms with Crippen molar-refractivity contribution in [1.82, 2.24) is 0 Å². The number of anilines is 1. The van der Waals surface area contributed by atoms with Crippen molar-refractivity contribution >= 4 is 29.7 Å². The van der Waals surface area contributed by atoms with Gasteiger partial charge < -0.3 is 9.47 Å². The van der Waals surface area contributed by atoms with E-state index in [-0.39, 0.29) is 22.9 Å². The average Bonchev–Trinajstić information content (AvgIpc) is 2.54. The third-order valence-corrected chi connectivity index (χ3v) is 3.57. The lowest BCUT2D eigenvalue weighted by atomic mass is 10.2. The van der Waals surface area contributed by atoms with Crippen LogP contribution >= 0.6 is 11.6 Å². The second kappa shape index (κ2) is 8.19. The summed E-state index contributed by atoms with van der Waals surface area (Å²) in [6.45, 7) is 5.25. The summed E-state index contributed by atoms with van der Waals surface area (Å²) in [6.07, 6.45) is -0.270. The van der Waals surface area contributed by atoms with E-state index in [9.17, 15) is 14.0 Å². The standard InChI is InChI=1S/C19H19ClFNO4/c1-19(2,3)26-18(24)22-15-7-5-4-6-12(15)11-25-16-9-8-14(20)13(10-23)17(16)21/h4-10H,11H2,1-3H3,(H,22,24). The molecule has 5 nitrogen and oxygen atoms in total. The van der Waals surface area contributed by atoms with Gasteiger partial charge in [-0.3, -0.25) is 10.1 Å². The van der Waals surface area contributed by atoms with E-state index in [4.69, 9.17) is 21.1 Å². The van der Waals surface area contributed by atoms with Crippen molar-refractivity contribution in [2.24, 2.45) is 0 Å². The first-order valence-electron chi connectivity index (χ1n) is 7.85. The van der Waals surface area contributed by atoms with Crippen LogP contribution in [-0.4, -0.2) is 18.0 Å². The maximum atomic E-state index is 14.2. The maximum absolute atomic E-state index is 14.2. The SMILES string of the molecule is CC(C)(C)OC(=O)Nc1ccccc1COc1ccc(Cl)c(C=O)c1F. The number of para-hydroxylation sites is 1. The molecule has 1 N–H and O–H groups in total. The Bertz CT molecular complexity index is 818. The van der Waals surface area contributed by atoms with Crippen molar-refractivity contribution in [3.63, 3.8) is 0 Å². The summed E-state index contributed by atoms with van der Waals surface area (Å²) in [7, 11) is 0. The highest BCUT2D eigenvalue weighted by molar-refractivity contribution is 6.33. The molecule has 0 saturated carbocycles. The summed E-state index contributed by atoms with van der Waals surface area (Å²) >= 11 is 5.77. The third kappa shape index (κ3) is 5.20. The quantitative estimate of drug-likeness (QED) is 0.723. The van der Waals surface area contributed by atoms with Crippen molar-refractivity contribution < 1.29 is 23.5 Å². The molecule has 0 fully saturated rings. The molecule has 0 saturated heterocycles. The molecule has 0 aliphatic carbocycles. The van der Waals surface area contributed by atoms with Gasteiger partial charge in [-0.25, -0.2) is 9.18 Å². The number of ether oxygens (including phenoxy) is 2. The van der Waals surface area contributed by atoms with Crippen molar-refractivity contribution in [3.05, 3.63) is 58.4 Å². The van der Waals surface area contributed by atoms with Crippen LogP contribution in [0.2, 0.25) is 5.02 Å². The third-order valence-electron chi connectivity index (χ3n) is 3.25. The van der Waals surface area contributed by atoms with Gasteiger partial charge in [-0.2, -0.15) is 0 Å². The normalized spacial score (nSPS) is 11.0. The van der Waals surface area contributed by atoms with E-state index in [0.29, 0.717) is 17.5 Å². The number of hydrogen-bond donors (Lipinski definition) is 1. The lowest BCUT2D eigenvalue weighted by Crippen LogP contribution is -2.27. The topological polar surface area (TPSA) is 64.6 Å². The van der Waals surface area contributed by atoms with E-state index in [1.54, 1.807) is 45.0 Å². The summed E-state index contributed by atoms with van der Waals surface area (Å²) in [5.74, 6) is -0.936. The van der Waals surface area contributed by atoms with Crippen LogP contribution in [0.15, 0.2) is 36.4 Å². The Morgan fingerprint density at radius 3 is 2.58 bits per heavy atom.